The number of H-pyrrole nitrogens is 1. The highest BCUT2D eigenvalue weighted by Crippen LogP contribution is 2.32. The van der Waals surface area contributed by atoms with Crippen LogP contribution < -0.4 is 15.6 Å². The van der Waals surface area contributed by atoms with Crippen LogP contribution in [0.1, 0.15) is 20.8 Å². The molecule has 2 N–H and O–H groups in total. The predicted octanol–water partition coefficient (Wildman–Crippen LogP) is 3.61. The summed E-state index contributed by atoms with van der Waals surface area (Å²) >= 11 is 0. The monoisotopic (exact) mass is 518 g/mol. The number of carbonyl (C=O) groups excluding carboxylic acids is 2. The summed E-state index contributed by atoms with van der Waals surface area (Å²) in [5.74, 6) is -2.99. The number of benzene rings is 2. The summed E-state index contributed by atoms with van der Waals surface area (Å²) in [6.45, 7) is 0. The highest BCUT2D eigenvalue weighted by atomic mass is 19.1. The van der Waals surface area contributed by atoms with Gasteiger partial charge in [0.1, 0.15) is 17.1 Å². The Kier molecular flexibility index (Phi) is 6.31. The van der Waals surface area contributed by atoms with Crippen LogP contribution in [0.25, 0.3) is 16.7 Å². The second-order valence-corrected chi connectivity index (χ2v) is 7.74. The van der Waals surface area contributed by atoms with Crippen molar-refractivity contribution < 1.29 is 27.8 Å². The molecule has 5 aromatic rings. The molecule has 5 rings (SSSR count). The maximum atomic E-state index is 14.9. The molecule has 0 unspecified atom stereocenters. The molecule has 0 spiro atoms. The minimum Gasteiger partial charge on any atom is -0.464 e. The van der Waals surface area contributed by atoms with Crippen LogP contribution in [0.2, 0.25) is 0 Å². The standard InChI is InChI=1S/C25H16F2N6O5/c1-37-25(36)21-20-19(9-10-28-22(20)32-31-21)38-18-7-4-14(12-17(18)27)30-23(34)16-8-11-29-33(24(16)35)15-5-2-13(26)3-6-15/h2-12H,1H3,(H,30,34)(H,28,31,32). The molecule has 2 aromatic carbocycles. The topological polar surface area (TPSA) is 141 Å². The number of hydrogen-bond acceptors (Lipinski definition) is 8. The van der Waals surface area contributed by atoms with E-state index in [1.165, 1.54) is 55.9 Å². The number of methoxy groups -OCH3 is 1. The number of aromatic nitrogens is 5. The first kappa shape index (κ1) is 24.2. The molecule has 0 saturated carbocycles. The first-order valence-corrected chi connectivity index (χ1v) is 10.9. The van der Waals surface area contributed by atoms with Crippen molar-refractivity contribution in [2.45, 2.75) is 0 Å². The molecule has 3 aromatic heterocycles. The molecule has 190 valence electrons. The Bertz CT molecular complexity index is 1750. The van der Waals surface area contributed by atoms with Gasteiger partial charge in [0.2, 0.25) is 0 Å². The zero-order valence-electron chi connectivity index (χ0n) is 19.4. The molecule has 0 aliphatic heterocycles. The van der Waals surface area contributed by atoms with Crippen LogP contribution in [0.5, 0.6) is 11.5 Å². The largest absolute Gasteiger partial charge is 0.464 e. The SMILES string of the molecule is COC(=O)c1n[nH]c2nccc(Oc3ccc(NC(=O)c4ccnn(-c5ccc(F)cc5)c4=O)cc3F)c12. The number of carbonyl (C=O) groups is 2. The van der Waals surface area contributed by atoms with Crippen molar-refractivity contribution in [3.8, 4) is 17.2 Å². The van der Waals surface area contributed by atoms with Gasteiger partial charge in [0.25, 0.3) is 11.5 Å². The lowest BCUT2D eigenvalue weighted by molar-refractivity contribution is 0.0596. The van der Waals surface area contributed by atoms with E-state index in [1.807, 2.05) is 0 Å². The maximum absolute atomic E-state index is 14.9. The molecule has 13 heteroatoms. The molecule has 3 heterocycles. The number of esters is 1. The van der Waals surface area contributed by atoms with Crippen LogP contribution >= 0.6 is 0 Å². The fourth-order valence-corrected chi connectivity index (χ4v) is 3.58. The zero-order valence-corrected chi connectivity index (χ0v) is 19.4. The highest BCUT2D eigenvalue weighted by molar-refractivity contribution is 6.04. The molecule has 11 nitrogen and oxygen atoms in total. The van der Waals surface area contributed by atoms with E-state index in [0.29, 0.717) is 0 Å². The van der Waals surface area contributed by atoms with Crippen LogP contribution in [-0.2, 0) is 4.74 Å². The quantitative estimate of drug-likeness (QED) is 0.325. The summed E-state index contributed by atoms with van der Waals surface area (Å²) in [6.07, 6.45) is 2.63. The number of fused-ring (bicyclic) bond motifs is 1. The third-order valence-corrected chi connectivity index (χ3v) is 5.37. The van der Waals surface area contributed by atoms with E-state index < -0.39 is 29.1 Å². The number of amides is 1. The van der Waals surface area contributed by atoms with Crippen LogP contribution in [0.3, 0.4) is 0 Å². The molecular formula is C25H16F2N6O5. The van der Waals surface area contributed by atoms with Gasteiger partial charge in [-0.25, -0.2) is 18.6 Å². The maximum Gasteiger partial charge on any atom is 0.359 e. The number of nitrogens with zero attached hydrogens (tertiary/aromatic N) is 4. The van der Waals surface area contributed by atoms with Crippen molar-refractivity contribution in [3.63, 3.8) is 0 Å². The Morgan fingerprint density at radius 2 is 1.79 bits per heavy atom. The highest BCUT2D eigenvalue weighted by Gasteiger charge is 2.21. The Morgan fingerprint density at radius 1 is 1.00 bits per heavy atom. The summed E-state index contributed by atoms with van der Waals surface area (Å²) in [6, 6.07) is 11.3. The summed E-state index contributed by atoms with van der Waals surface area (Å²) in [5, 5.41) is 13.0. The van der Waals surface area contributed by atoms with E-state index in [0.717, 1.165) is 22.9 Å². The summed E-state index contributed by atoms with van der Waals surface area (Å²) < 4.78 is 39.5. The van der Waals surface area contributed by atoms with E-state index in [2.05, 4.69) is 25.6 Å². The van der Waals surface area contributed by atoms with Gasteiger partial charge in [-0.3, -0.25) is 14.7 Å². The van der Waals surface area contributed by atoms with E-state index in [4.69, 9.17) is 9.47 Å². The fourth-order valence-electron chi connectivity index (χ4n) is 3.58. The molecule has 0 radical (unpaired) electrons. The van der Waals surface area contributed by atoms with Gasteiger partial charge in [0.15, 0.2) is 22.9 Å². The normalized spacial score (nSPS) is 10.8. The van der Waals surface area contributed by atoms with E-state index in [-0.39, 0.29) is 45.2 Å². The van der Waals surface area contributed by atoms with Crippen molar-refractivity contribution in [3.05, 3.63) is 100 Å². The van der Waals surface area contributed by atoms with Crippen molar-refractivity contribution in [2.75, 3.05) is 12.4 Å². The van der Waals surface area contributed by atoms with Gasteiger partial charge in [-0.05, 0) is 42.5 Å². The van der Waals surface area contributed by atoms with E-state index in [1.54, 1.807) is 0 Å². The third-order valence-electron chi connectivity index (χ3n) is 5.37. The van der Waals surface area contributed by atoms with Crippen molar-refractivity contribution >= 4 is 28.6 Å². The summed E-state index contributed by atoms with van der Waals surface area (Å²) in [7, 11) is 1.19. The van der Waals surface area contributed by atoms with E-state index >= 15 is 0 Å². The second kappa shape index (κ2) is 9.89. The molecular weight excluding hydrogens is 502 g/mol. The molecule has 1 amide bonds. The van der Waals surface area contributed by atoms with E-state index in [9.17, 15) is 23.2 Å². The number of rotatable bonds is 6. The molecule has 0 atom stereocenters. The average Bonchev–Trinajstić information content (AvgIpc) is 3.36. The average molecular weight is 518 g/mol. The Morgan fingerprint density at radius 3 is 2.53 bits per heavy atom. The molecule has 0 aliphatic rings. The van der Waals surface area contributed by atoms with Gasteiger partial charge in [-0.1, -0.05) is 0 Å². The number of anilines is 1. The lowest BCUT2D eigenvalue weighted by Gasteiger charge is -2.11. The Labute approximate surface area is 211 Å². The molecule has 0 aliphatic carbocycles. The molecule has 38 heavy (non-hydrogen) atoms. The van der Waals surface area contributed by atoms with Crippen LogP contribution in [-0.4, -0.2) is 43.9 Å². The predicted molar refractivity (Wildman–Crippen MR) is 129 cm³/mol. The number of pyridine rings is 1. The minimum absolute atomic E-state index is 0.0443. The first-order chi connectivity index (χ1) is 18.4. The van der Waals surface area contributed by atoms with Gasteiger partial charge in [-0.2, -0.15) is 14.9 Å². The summed E-state index contributed by atoms with van der Waals surface area (Å²) in [5.41, 5.74) is -0.561. The second-order valence-electron chi connectivity index (χ2n) is 7.74. The minimum atomic E-state index is -0.839. The number of aromatic amines is 1. The van der Waals surface area contributed by atoms with Crippen molar-refractivity contribution in [1.29, 1.82) is 0 Å². The molecule has 0 saturated heterocycles. The fraction of sp³-hybridized carbons (Fsp3) is 0.0400. The number of halogens is 2. The van der Waals surface area contributed by atoms with Crippen LogP contribution in [0.15, 0.2) is 71.8 Å². The first-order valence-electron chi connectivity index (χ1n) is 10.9. The summed E-state index contributed by atoms with van der Waals surface area (Å²) in [4.78, 5) is 41.7. The molecule has 0 bridgehead atoms. The van der Waals surface area contributed by atoms with Gasteiger partial charge < -0.3 is 14.8 Å². The lowest BCUT2D eigenvalue weighted by atomic mass is 10.2. The van der Waals surface area contributed by atoms with Crippen molar-refractivity contribution in [1.82, 2.24) is 25.0 Å². The Balaban J connectivity index is 1.38. The van der Waals surface area contributed by atoms with Gasteiger partial charge >= 0.3 is 5.97 Å². The Hall–Kier alpha value is -5.46. The lowest BCUT2D eigenvalue weighted by Crippen LogP contribution is -2.29. The zero-order chi connectivity index (χ0) is 26.8. The number of ether oxygens (including phenoxy) is 2. The smallest absolute Gasteiger partial charge is 0.359 e. The van der Waals surface area contributed by atoms with Crippen LogP contribution in [0.4, 0.5) is 14.5 Å². The number of nitrogens with one attached hydrogen (secondary N) is 2. The van der Waals surface area contributed by atoms with Gasteiger partial charge in [0.05, 0.1) is 18.2 Å². The van der Waals surface area contributed by atoms with Gasteiger partial charge in [-0.15, -0.1) is 0 Å². The van der Waals surface area contributed by atoms with Gasteiger partial charge in [0, 0.05) is 30.2 Å². The number of hydrogen-bond donors (Lipinski definition) is 2. The van der Waals surface area contributed by atoms with Crippen molar-refractivity contribution in [2.24, 2.45) is 0 Å². The van der Waals surface area contributed by atoms with Crippen LogP contribution in [0, 0.1) is 11.6 Å². The third kappa shape index (κ3) is 4.55. The molecule has 0 fully saturated rings.